The molecule has 11 heteroatoms. The van der Waals surface area contributed by atoms with Gasteiger partial charge in [-0.25, -0.2) is 19.2 Å². The van der Waals surface area contributed by atoms with Gasteiger partial charge in [-0.15, -0.1) is 0 Å². The van der Waals surface area contributed by atoms with E-state index in [1.54, 1.807) is 41.5 Å². The molecule has 0 saturated heterocycles. The molecule has 0 bridgehead atoms. The Morgan fingerprint density at radius 3 is 1.60 bits per heavy atom. The Morgan fingerprint density at radius 1 is 0.767 bits per heavy atom. The largest absolute Gasteiger partial charge is 0.467 e. The molecule has 0 aliphatic carbocycles. The third-order valence-corrected chi connectivity index (χ3v) is 3.44. The minimum Gasteiger partial charge on any atom is -0.467 e. The highest BCUT2D eigenvalue weighted by molar-refractivity contribution is 5.82. The lowest BCUT2D eigenvalue weighted by Gasteiger charge is -2.26. The molecular weight excluding hydrogens is 400 g/mol. The molecule has 0 aliphatic rings. The number of alkyl carbamates (subject to hydrolysis) is 2. The predicted octanol–water partition coefficient (Wildman–Crippen LogP) is 1.26. The number of amides is 2. The van der Waals surface area contributed by atoms with Crippen LogP contribution in [0.1, 0.15) is 54.4 Å². The zero-order chi connectivity index (χ0) is 23.7. The standard InChI is InChI=1S/C19H34N2O9/c1-18(2,3)29-16(25)20-11(14(23)27-7)9-10-12(22)13(15(24)28-8)21-17(26)30-19(4,5)6/h11-13,22H,9-10H2,1-8H3,(H,20,25)(H,21,26). The van der Waals surface area contributed by atoms with Gasteiger partial charge in [0, 0.05) is 0 Å². The first-order valence-electron chi connectivity index (χ1n) is 9.42. The number of aliphatic hydroxyl groups is 1. The Balaban J connectivity index is 5.13. The van der Waals surface area contributed by atoms with Gasteiger partial charge in [0.25, 0.3) is 0 Å². The molecule has 0 radical (unpaired) electrons. The normalized spacial score (nSPS) is 14.6. The lowest BCUT2D eigenvalue weighted by atomic mass is 10.0. The van der Waals surface area contributed by atoms with Crippen LogP contribution in [0.3, 0.4) is 0 Å². The van der Waals surface area contributed by atoms with Crippen LogP contribution < -0.4 is 10.6 Å². The van der Waals surface area contributed by atoms with Crippen molar-refractivity contribution in [3.8, 4) is 0 Å². The van der Waals surface area contributed by atoms with Crippen molar-refractivity contribution in [1.82, 2.24) is 10.6 Å². The molecule has 0 aromatic rings. The summed E-state index contributed by atoms with van der Waals surface area (Å²) in [6, 6.07) is -2.58. The lowest BCUT2D eigenvalue weighted by molar-refractivity contribution is -0.146. The van der Waals surface area contributed by atoms with Gasteiger partial charge in [-0.1, -0.05) is 0 Å². The number of carbonyl (C=O) groups excluding carboxylic acids is 4. The van der Waals surface area contributed by atoms with Crippen LogP contribution in [0.25, 0.3) is 0 Å². The third-order valence-electron chi connectivity index (χ3n) is 3.44. The predicted molar refractivity (Wildman–Crippen MR) is 106 cm³/mol. The van der Waals surface area contributed by atoms with Crippen molar-refractivity contribution in [2.24, 2.45) is 0 Å². The second kappa shape index (κ2) is 11.6. The summed E-state index contributed by atoms with van der Waals surface area (Å²) in [6.07, 6.45) is -3.46. The minimum absolute atomic E-state index is 0.101. The third kappa shape index (κ3) is 11.4. The van der Waals surface area contributed by atoms with Gasteiger partial charge < -0.3 is 34.7 Å². The van der Waals surface area contributed by atoms with Crippen LogP contribution in [0.2, 0.25) is 0 Å². The molecule has 0 heterocycles. The van der Waals surface area contributed by atoms with Gasteiger partial charge >= 0.3 is 24.1 Å². The second-order valence-corrected chi connectivity index (χ2v) is 8.51. The molecule has 30 heavy (non-hydrogen) atoms. The van der Waals surface area contributed by atoms with E-state index in [4.69, 9.17) is 9.47 Å². The van der Waals surface area contributed by atoms with Gasteiger partial charge in [0.15, 0.2) is 6.04 Å². The average Bonchev–Trinajstić information content (AvgIpc) is 2.58. The molecule has 0 aliphatic heterocycles. The summed E-state index contributed by atoms with van der Waals surface area (Å²) < 4.78 is 19.4. The quantitative estimate of drug-likeness (QED) is 0.379. The Kier molecular flexibility index (Phi) is 10.6. The molecule has 3 unspecified atom stereocenters. The van der Waals surface area contributed by atoms with Crippen LogP contribution in [0.5, 0.6) is 0 Å². The summed E-state index contributed by atoms with van der Waals surface area (Å²) in [5, 5.41) is 15.0. The molecule has 0 saturated carbocycles. The number of hydrogen-bond acceptors (Lipinski definition) is 9. The van der Waals surface area contributed by atoms with Crippen molar-refractivity contribution in [2.75, 3.05) is 14.2 Å². The fourth-order valence-electron chi connectivity index (χ4n) is 2.22. The van der Waals surface area contributed by atoms with Crippen molar-refractivity contribution in [3.63, 3.8) is 0 Å². The van der Waals surface area contributed by atoms with E-state index in [1.807, 2.05) is 0 Å². The molecule has 2 amide bonds. The van der Waals surface area contributed by atoms with Gasteiger partial charge in [0.2, 0.25) is 0 Å². The maximum absolute atomic E-state index is 12.0. The first-order valence-corrected chi connectivity index (χ1v) is 9.42. The number of hydrogen-bond donors (Lipinski definition) is 3. The molecule has 174 valence electrons. The van der Waals surface area contributed by atoms with E-state index in [1.165, 1.54) is 0 Å². The number of rotatable bonds is 8. The fourth-order valence-corrected chi connectivity index (χ4v) is 2.22. The molecule has 0 spiro atoms. The number of methoxy groups -OCH3 is 2. The van der Waals surface area contributed by atoms with E-state index >= 15 is 0 Å². The van der Waals surface area contributed by atoms with Gasteiger partial charge in [-0.3, -0.25) is 0 Å². The molecule has 3 atom stereocenters. The van der Waals surface area contributed by atoms with E-state index in [2.05, 4.69) is 20.1 Å². The highest BCUT2D eigenvalue weighted by Gasteiger charge is 2.33. The lowest BCUT2D eigenvalue weighted by Crippen LogP contribution is -2.51. The first kappa shape index (κ1) is 27.4. The van der Waals surface area contributed by atoms with Crippen LogP contribution in [0.15, 0.2) is 0 Å². The van der Waals surface area contributed by atoms with Gasteiger partial charge in [0.1, 0.15) is 17.2 Å². The molecule has 0 aromatic carbocycles. The van der Waals surface area contributed by atoms with Crippen LogP contribution in [-0.4, -0.2) is 72.8 Å². The zero-order valence-corrected chi connectivity index (χ0v) is 18.9. The maximum Gasteiger partial charge on any atom is 0.408 e. The topological polar surface area (TPSA) is 149 Å². The first-order chi connectivity index (χ1) is 13.6. The highest BCUT2D eigenvalue weighted by Crippen LogP contribution is 2.12. The summed E-state index contributed by atoms with van der Waals surface area (Å²) in [5.41, 5.74) is -1.60. The van der Waals surface area contributed by atoms with Crippen LogP contribution >= 0.6 is 0 Å². The van der Waals surface area contributed by atoms with E-state index in [0.717, 1.165) is 14.2 Å². The molecule has 11 nitrogen and oxygen atoms in total. The number of carbonyl (C=O) groups is 4. The summed E-state index contributed by atoms with van der Waals surface area (Å²) in [6.45, 7) is 9.89. The SMILES string of the molecule is COC(=O)C(CCC(O)C(NC(=O)OC(C)(C)C)C(=O)OC)NC(=O)OC(C)(C)C. The Labute approximate surface area is 176 Å². The smallest absolute Gasteiger partial charge is 0.408 e. The molecule has 0 fully saturated rings. The van der Waals surface area contributed by atoms with Crippen LogP contribution in [0, 0.1) is 0 Å². The van der Waals surface area contributed by atoms with E-state index in [9.17, 15) is 24.3 Å². The van der Waals surface area contributed by atoms with Crippen LogP contribution in [0.4, 0.5) is 9.59 Å². The maximum atomic E-state index is 12.0. The summed E-state index contributed by atoms with van der Waals surface area (Å²) in [7, 11) is 2.24. The van der Waals surface area contributed by atoms with Crippen molar-refractivity contribution >= 4 is 24.1 Å². The number of nitrogens with one attached hydrogen (secondary N) is 2. The number of esters is 2. The monoisotopic (exact) mass is 434 g/mol. The second-order valence-electron chi connectivity index (χ2n) is 8.51. The van der Waals surface area contributed by atoms with E-state index in [-0.39, 0.29) is 12.8 Å². The summed E-state index contributed by atoms with van der Waals surface area (Å²) in [4.78, 5) is 47.9. The van der Waals surface area contributed by atoms with Crippen LogP contribution in [-0.2, 0) is 28.5 Å². The molecule has 0 aromatic heterocycles. The molecular formula is C19H34N2O9. The van der Waals surface area contributed by atoms with Crippen molar-refractivity contribution < 1.29 is 43.2 Å². The van der Waals surface area contributed by atoms with Gasteiger partial charge in [0.05, 0.1) is 20.3 Å². The molecule has 0 rings (SSSR count). The average molecular weight is 434 g/mol. The summed E-state index contributed by atoms with van der Waals surface area (Å²) >= 11 is 0. The van der Waals surface area contributed by atoms with Crippen molar-refractivity contribution in [3.05, 3.63) is 0 Å². The minimum atomic E-state index is -1.44. The van der Waals surface area contributed by atoms with Crippen molar-refractivity contribution in [1.29, 1.82) is 0 Å². The number of ether oxygens (including phenoxy) is 4. The Morgan fingerprint density at radius 2 is 1.20 bits per heavy atom. The Bertz CT molecular complexity index is 608. The van der Waals surface area contributed by atoms with E-state index < -0.39 is 53.5 Å². The Hall–Kier alpha value is -2.56. The highest BCUT2D eigenvalue weighted by atomic mass is 16.6. The molecule has 3 N–H and O–H groups in total. The summed E-state index contributed by atoms with van der Waals surface area (Å²) in [5.74, 6) is -1.66. The fraction of sp³-hybridized carbons (Fsp3) is 0.789. The van der Waals surface area contributed by atoms with Gasteiger partial charge in [-0.05, 0) is 54.4 Å². The van der Waals surface area contributed by atoms with Crippen molar-refractivity contribution in [2.45, 2.75) is 83.8 Å². The number of aliphatic hydroxyl groups excluding tert-OH is 1. The van der Waals surface area contributed by atoms with Gasteiger partial charge in [-0.2, -0.15) is 0 Å². The zero-order valence-electron chi connectivity index (χ0n) is 18.9. The van der Waals surface area contributed by atoms with E-state index in [0.29, 0.717) is 0 Å².